The predicted molar refractivity (Wildman–Crippen MR) is 77.3 cm³/mol. The molecule has 0 aliphatic heterocycles. The molecule has 19 heavy (non-hydrogen) atoms. The summed E-state index contributed by atoms with van der Waals surface area (Å²) in [5.41, 5.74) is 1.42. The summed E-state index contributed by atoms with van der Waals surface area (Å²) in [5, 5.41) is 4.68. The van der Waals surface area contributed by atoms with Crippen LogP contribution in [0.3, 0.4) is 0 Å². The molecule has 2 N–H and O–H groups in total. The number of fused-ring (bicyclic) bond motifs is 1. The van der Waals surface area contributed by atoms with E-state index in [9.17, 15) is 4.39 Å². The number of aromatic amines is 1. The molecule has 2 aromatic rings. The number of H-pyrrole nitrogens is 1. The van der Waals surface area contributed by atoms with Crippen molar-refractivity contribution in [3.8, 4) is 0 Å². The Bertz CT molecular complexity index is 567. The van der Waals surface area contributed by atoms with Gasteiger partial charge in [-0.05, 0) is 38.3 Å². The van der Waals surface area contributed by atoms with Gasteiger partial charge >= 0.3 is 0 Å². The predicted octanol–water partition coefficient (Wildman–Crippen LogP) is 3.75. The van der Waals surface area contributed by atoms with Crippen LogP contribution in [0.5, 0.6) is 0 Å². The Labute approximate surface area is 113 Å². The molecule has 0 amide bonds. The largest absolute Gasteiger partial charge is 0.361 e. The molecule has 0 bridgehead atoms. The third kappa shape index (κ3) is 2.52. The molecule has 1 aliphatic carbocycles. The number of alkyl halides is 1. The van der Waals surface area contributed by atoms with Crippen molar-refractivity contribution in [2.75, 3.05) is 6.54 Å². The molecule has 1 aromatic carbocycles. The fourth-order valence-corrected chi connectivity index (χ4v) is 2.89. The van der Waals surface area contributed by atoms with Crippen LogP contribution >= 0.6 is 0 Å². The maximum Gasteiger partial charge on any atom is 0.117 e. The molecule has 0 radical (unpaired) electrons. The Hall–Kier alpha value is -1.35. The highest BCUT2D eigenvalue weighted by Crippen LogP contribution is 2.40. The highest BCUT2D eigenvalue weighted by Gasteiger charge is 2.34. The molecule has 2 unspecified atom stereocenters. The van der Waals surface area contributed by atoms with Crippen LogP contribution in [0.15, 0.2) is 30.5 Å². The second-order valence-corrected chi connectivity index (χ2v) is 6.18. The average Bonchev–Trinajstić information content (AvgIpc) is 2.71. The second kappa shape index (κ2) is 4.64. The van der Waals surface area contributed by atoms with Crippen molar-refractivity contribution in [1.82, 2.24) is 10.3 Å². The minimum atomic E-state index is -1.14. The minimum absolute atomic E-state index is 0.411. The fraction of sp³-hybridized carbons (Fsp3) is 0.500. The number of hydrogen-bond acceptors (Lipinski definition) is 1. The van der Waals surface area contributed by atoms with Crippen molar-refractivity contribution in [2.24, 2.45) is 0 Å². The number of hydrogen-bond donors (Lipinski definition) is 2. The lowest BCUT2D eigenvalue weighted by Gasteiger charge is -2.38. The third-order valence-electron chi connectivity index (χ3n) is 4.08. The molecule has 1 heterocycles. The molecule has 102 valence electrons. The zero-order chi connectivity index (χ0) is 13.5. The summed E-state index contributed by atoms with van der Waals surface area (Å²) in [6.45, 7) is 3.68. The third-order valence-corrected chi connectivity index (χ3v) is 4.08. The molecule has 0 spiro atoms. The van der Waals surface area contributed by atoms with Crippen molar-refractivity contribution in [3.63, 3.8) is 0 Å². The highest BCUT2D eigenvalue weighted by molar-refractivity contribution is 5.83. The van der Waals surface area contributed by atoms with E-state index < -0.39 is 5.67 Å². The summed E-state index contributed by atoms with van der Waals surface area (Å²) >= 11 is 0. The number of benzene rings is 1. The van der Waals surface area contributed by atoms with Crippen LogP contribution in [-0.2, 0) is 0 Å². The maximum absolute atomic E-state index is 13.6. The van der Waals surface area contributed by atoms with E-state index in [0.29, 0.717) is 18.5 Å². The van der Waals surface area contributed by atoms with Gasteiger partial charge in [-0.25, -0.2) is 4.39 Å². The molecule has 3 heteroatoms. The van der Waals surface area contributed by atoms with Crippen molar-refractivity contribution in [3.05, 3.63) is 36.0 Å². The minimum Gasteiger partial charge on any atom is -0.361 e. The van der Waals surface area contributed by atoms with Gasteiger partial charge in [0.05, 0.1) is 0 Å². The van der Waals surface area contributed by atoms with Crippen molar-refractivity contribution >= 4 is 10.9 Å². The number of aromatic nitrogens is 1. The van der Waals surface area contributed by atoms with Crippen molar-refractivity contribution in [2.45, 2.75) is 44.3 Å². The van der Waals surface area contributed by atoms with E-state index in [-0.39, 0.29) is 0 Å². The number of nitrogens with one attached hydrogen (secondary N) is 2. The van der Waals surface area contributed by atoms with Gasteiger partial charge in [0, 0.05) is 35.6 Å². The molecule has 1 saturated carbocycles. The molecule has 1 fully saturated rings. The quantitative estimate of drug-likeness (QED) is 0.861. The lowest BCUT2D eigenvalue weighted by molar-refractivity contribution is 0.179. The Balaban J connectivity index is 1.76. The zero-order valence-corrected chi connectivity index (χ0v) is 11.5. The first-order chi connectivity index (χ1) is 9.04. The van der Waals surface area contributed by atoms with Gasteiger partial charge in [-0.1, -0.05) is 18.2 Å². The normalized spacial score (nSPS) is 23.5. The van der Waals surface area contributed by atoms with Crippen LogP contribution in [-0.4, -0.2) is 23.2 Å². The van der Waals surface area contributed by atoms with Crippen LogP contribution in [0.25, 0.3) is 10.9 Å². The summed E-state index contributed by atoms with van der Waals surface area (Å²) in [5.74, 6) is 0.512. The SMILES string of the molecule is CC(C)(F)CNC1CCC1c1c[nH]c2ccccc12. The van der Waals surface area contributed by atoms with E-state index in [1.165, 1.54) is 22.9 Å². The molecular weight excluding hydrogens is 239 g/mol. The summed E-state index contributed by atoms with van der Waals surface area (Å²) < 4.78 is 13.6. The van der Waals surface area contributed by atoms with E-state index in [1.54, 1.807) is 13.8 Å². The van der Waals surface area contributed by atoms with Gasteiger partial charge in [0.2, 0.25) is 0 Å². The second-order valence-electron chi connectivity index (χ2n) is 6.18. The Morgan fingerprint density at radius 3 is 2.79 bits per heavy atom. The first-order valence-electron chi connectivity index (χ1n) is 7.03. The van der Waals surface area contributed by atoms with Gasteiger partial charge in [-0.2, -0.15) is 0 Å². The Kier molecular flexibility index (Phi) is 3.09. The van der Waals surface area contributed by atoms with Gasteiger partial charge in [-0.15, -0.1) is 0 Å². The maximum atomic E-state index is 13.6. The van der Waals surface area contributed by atoms with Crippen LogP contribution in [0.4, 0.5) is 4.39 Å². The molecule has 2 nitrogen and oxygen atoms in total. The van der Waals surface area contributed by atoms with Crippen LogP contribution in [0, 0.1) is 0 Å². The molecular formula is C16H21FN2. The number of rotatable bonds is 4. The van der Waals surface area contributed by atoms with E-state index >= 15 is 0 Å². The summed E-state index contributed by atoms with van der Waals surface area (Å²) in [6.07, 6.45) is 4.44. The van der Waals surface area contributed by atoms with Crippen LogP contribution < -0.4 is 5.32 Å². The van der Waals surface area contributed by atoms with E-state index in [4.69, 9.17) is 0 Å². The number of para-hydroxylation sites is 1. The standard InChI is InChI=1S/C16H21FN2/c1-16(2,17)10-19-15-8-7-12(15)13-9-18-14-6-4-3-5-11(13)14/h3-6,9,12,15,18-19H,7-8,10H2,1-2H3. The molecule has 1 aliphatic rings. The molecule has 1 aromatic heterocycles. The molecule has 0 saturated heterocycles. The van der Waals surface area contributed by atoms with Crippen LogP contribution in [0.1, 0.15) is 38.2 Å². The summed E-state index contributed by atoms with van der Waals surface area (Å²) in [7, 11) is 0. The van der Waals surface area contributed by atoms with Gasteiger partial charge in [0.1, 0.15) is 5.67 Å². The summed E-state index contributed by atoms with van der Waals surface area (Å²) in [4.78, 5) is 3.33. The van der Waals surface area contributed by atoms with Crippen molar-refractivity contribution < 1.29 is 4.39 Å². The zero-order valence-electron chi connectivity index (χ0n) is 11.5. The smallest absolute Gasteiger partial charge is 0.117 e. The lowest BCUT2D eigenvalue weighted by Crippen LogP contribution is -2.46. The van der Waals surface area contributed by atoms with E-state index in [1.807, 2.05) is 6.07 Å². The number of halogens is 1. The van der Waals surface area contributed by atoms with Gasteiger partial charge < -0.3 is 10.3 Å². The molecule has 3 rings (SSSR count). The van der Waals surface area contributed by atoms with E-state index in [0.717, 1.165) is 6.42 Å². The monoisotopic (exact) mass is 260 g/mol. The first kappa shape index (κ1) is 12.7. The fourth-order valence-electron chi connectivity index (χ4n) is 2.89. The van der Waals surface area contributed by atoms with E-state index in [2.05, 4.69) is 34.7 Å². The topological polar surface area (TPSA) is 27.8 Å². The Morgan fingerprint density at radius 2 is 2.11 bits per heavy atom. The van der Waals surface area contributed by atoms with Gasteiger partial charge in [0.15, 0.2) is 0 Å². The van der Waals surface area contributed by atoms with Crippen LogP contribution in [0.2, 0.25) is 0 Å². The lowest BCUT2D eigenvalue weighted by atomic mass is 9.75. The highest BCUT2D eigenvalue weighted by atomic mass is 19.1. The summed E-state index contributed by atoms with van der Waals surface area (Å²) in [6, 6.07) is 8.80. The Morgan fingerprint density at radius 1 is 1.32 bits per heavy atom. The van der Waals surface area contributed by atoms with Gasteiger partial charge in [0.25, 0.3) is 0 Å². The van der Waals surface area contributed by atoms with Gasteiger partial charge in [-0.3, -0.25) is 0 Å². The van der Waals surface area contributed by atoms with Crippen molar-refractivity contribution in [1.29, 1.82) is 0 Å². The first-order valence-corrected chi connectivity index (χ1v) is 7.03. The average molecular weight is 260 g/mol. The molecule has 2 atom stereocenters.